The number of anilines is 1. The third kappa shape index (κ3) is 1.84. The van der Waals surface area contributed by atoms with E-state index in [2.05, 4.69) is 0 Å². The van der Waals surface area contributed by atoms with Crippen molar-refractivity contribution in [2.24, 2.45) is 0 Å². The number of benzene rings is 1. The van der Waals surface area contributed by atoms with Crippen molar-refractivity contribution in [2.75, 3.05) is 4.90 Å². The van der Waals surface area contributed by atoms with Gasteiger partial charge in [-0.3, -0.25) is 4.79 Å². The molecule has 0 radical (unpaired) electrons. The Balaban J connectivity index is 1.94. The van der Waals surface area contributed by atoms with Crippen LogP contribution in [0.25, 0.3) is 0 Å². The second-order valence-corrected chi connectivity index (χ2v) is 5.09. The summed E-state index contributed by atoms with van der Waals surface area (Å²) in [5.41, 5.74) is 0.833. The SMILES string of the molecule is CC1=CCC2(CC1)OC(=O)N(c1ccccc1)C2=O. The van der Waals surface area contributed by atoms with Crippen molar-refractivity contribution in [1.82, 2.24) is 0 Å². The van der Waals surface area contributed by atoms with E-state index in [-0.39, 0.29) is 5.91 Å². The van der Waals surface area contributed by atoms with Crippen molar-refractivity contribution >= 4 is 17.7 Å². The summed E-state index contributed by atoms with van der Waals surface area (Å²) >= 11 is 0. The molecule has 0 N–H and O–H groups in total. The first-order valence-corrected chi connectivity index (χ1v) is 6.41. The third-order valence-corrected chi connectivity index (χ3v) is 3.78. The third-order valence-electron chi connectivity index (χ3n) is 3.78. The summed E-state index contributed by atoms with van der Waals surface area (Å²) in [7, 11) is 0. The van der Waals surface area contributed by atoms with E-state index in [0.29, 0.717) is 18.5 Å². The minimum absolute atomic E-state index is 0.243. The molecular weight excluding hydrogens is 242 g/mol. The quantitative estimate of drug-likeness (QED) is 0.726. The minimum atomic E-state index is -0.980. The molecule has 1 unspecified atom stereocenters. The van der Waals surface area contributed by atoms with E-state index >= 15 is 0 Å². The molecule has 1 heterocycles. The van der Waals surface area contributed by atoms with Crippen molar-refractivity contribution in [3.05, 3.63) is 42.0 Å². The van der Waals surface area contributed by atoms with Crippen LogP contribution in [0.5, 0.6) is 0 Å². The van der Waals surface area contributed by atoms with Crippen LogP contribution in [-0.2, 0) is 9.53 Å². The summed E-state index contributed by atoms with van der Waals surface area (Å²) in [6.45, 7) is 2.03. The van der Waals surface area contributed by atoms with Gasteiger partial charge < -0.3 is 4.74 Å². The van der Waals surface area contributed by atoms with Gasteiger partial charge >= 0.3 is 6.09 Å². The van der Waals surface area contributed by atoms with E-state index in [4.69, 9.17) is 4.74 Å². The maximum Gasteiger partial charge on any atom is 0.422 e. The summed E-state index contributed by atoms with van der Waals surface area (Å²) in [6.07, 6.45) is 3.27. The normalized spacial score (nSPS) is 26.6. The standard InChI is InChI=1S/C15H15NO3/c1-11-7-9-15(10-8-11)13(17)16(14(18)19-15)12-5-3-2-4-6-12/h2-7H,8-10H2,1H3. The number of hydrogen-bond acceptors (Lipinski definition) is 3. The van der Waals surface area contributed by atoms with Crippen molar-refractivity contribution < 1.29 is 14.3 Å². The molecule has 1 aliphatic heterocycles. The lowest BCUT2D eigenvalue weighted by atomic mass is 9.85. The van der Waals surface area contributed by atoms with E-state index in [9.17, 15) is 9.59 Å². The molecule has 3 rings (SSSR count). The number of para-hydroxylation sites is 1. The smallest absolute Gasteiger partial charge is 0.422 e. The zero-order chi connectivity index (χ0) is 13.5. The van der Waals surface area contributed by atoms with Crippen LogP contribution in [0.3, 0.4) is 0 Å². The zero-order valence-electron chi connectivity index (χ0n) is 10.8. The lowest BCUT2D eigenvalue weighted by Gasteiger charge is -2.27. The largest absolute Gasteiger partial charge is 0.432 e. The van der Waals surface area contributed by atoms with Gasteiger partial charge in [0.15, 0.2) is 5.60 Å². The van der Waals surface area contributed by atoms with Crippen LogP contribution < -0.4 is 4.90 Å². The van der Waals surface area contributed by atoms with E-state index < -0.39 is 11.7 Å². The fraction of sp³-hybridized carbons (Fsp3) is 0.333. The topological polar surface area (TPSA) is 46.6 Å². The molecule has 19 heavy (non-hydrogen) atoms. The van der Waals surface area contributed by atoms with Gasteiger partial charge in [0.1, 0.15) is 0 Å². The first-order chi connectivity index (χ1) is 9.12. The Hall–Kier alpha value is -2.10. The van der Waals surface area contributed by atoms with Crippen LogP contribution in [0.4, 0.5) is 10.5 Å². The first-order valence-electron chi connectivity index (χ1n) is 6.41. The fourth-order valence-corrected chi connectivity index (χ4v) is 2.57. The Morgan fingerprint density at radius 3 is 2.58 bits per heavy atom. The van der Waals surface area contributed by atoms with Gasteiger partial charge in [0.2, 0.25) is 0 Å². The van der Waals surface area contributed by atoms with Crippen molar-refractivity contribution in [3.8, 4) is 0 Å². The molecule has 1 fully saturated rings. The minimum Gasteiger partial charge on any atom is -0.432 e. The van der Waals surface area contributed by atoms with Crippen LogP contribution in [0.1, 0.15) is 26.2 Å². The highest BCUT2D eigenvalue weighted by molar-refractivity contribution is 6.20. The number of rotatable bonds is 1. The molecule has 1 atom stereocenters. The Morgan fingerprint density at radius 1 is 1.21 bits per heavy atom. The van der Waals surface area contributed by atoms with Crippen molar-refractivity contribution in [2.45, 2.75) is 31.8 Å². The molecule has 2 amide bonds. The molecule has 1 aromatic rings. The van der Waals surface area contributed by atoms with Crippen LogP contribution in [-0.4, -0.2) is 17.6 Å². The number of allylic oxidation sites excluding steroid dienone is 1. The summed E-state index contributed by atoms with van der Waals surface area (Å²) in [5.74, 6) is -0.243. The van der Waals surface area contributed by atoms with Gasteiger partial charge in [-0.15, -0.1) is 0 Å². The van der Waals surface area contributed by atoms with Gasteiger partial charge in [-0.1, -0.05) is 29.8 Å². The highest BCUT2D eigenvalue weighted by Crippen LogP contribution is 2.39. The zero-order valence-corrected chi connectivity index (χ0v) is 10.8. The molecule has 2 aliphatic rings. The number of nitrogens with zero attached hydrogens (tertiary/aromatic N) is 1. The fourth-order valence-electron chi connectivity index (χ4n) is 2.57. The molecule has 0 aromatic heterocycles. The Morgan fingerprint density at radius 2 is 1.95 bits per heavy atom. The van der Waals surface area contributed by atoms with Crippen molar-refractivity contribution in [1.29, 1.82) is 0 Å². The number of carbonyl (C=O) groups excluding carboxylic acids is 2. The van der Waals surface area contributed by atoms with Crippen LogP contribution in [0, 0.1) is 0 Å². The second kappa shape index (κ2) is 4.23. The molecule has 0 saturated carbocycles. The van der Waals surface area contributed by atoms with Crippen molar-refractivity contribution in [3.63, 3.8) is 0 Å². The molecular formula is C15H15NO3. The maximum absolute atomic E-state index is 12.6. The highest BCUT2D eigenvalue weighted by Gasteiger charge is 2.54. The molecule has 1 aliphatic carbocycles. The molecule has 1 saturated heterocycles. The van der Waals surface area contributed by atoms with Gasteiger partial charge in [0.25, 0.3) is 5.91 Å². The van der Waals surface area contributed by atoms with Gasteiger partial charge in [-0.25, -0.2) is 9.69 Å². The lowest BCUT2D eigenvalue weighted by Crippen LogP contribution is -2.42. The van der Waals surface area contributed by atoms with Crippen LogP contribution in [0.2, 0.25) is 0 Å². The van der Waals surface area contributed by atoms with E-state index in [1.807, 2.05) is 19.1 Å². The van der Waals surface area contributed by atoms with E-state index in [1.54, 1.807) is 24.3 Å². The predicted molar refractivity (Wildman–Crippen MR) is 70.7 cm³/mol. The van der Waals surface area contributed by atoms with Gasteiger partial charge in [-0.2, -0.15) is 0 Å². The van der Waals surface area contributed by atoms with Crippen LogP contribution in [0.15, 0.2) is 42.0 Å². The average molecular weight is 257 g/mol. The van der Waals surface area contributed by atoms with Gasteiger partial charge in [0, 0.05) is 12.8 Å². The molecule has 4 nitrogen and oxygen atoms in total. The van der Waals surface area contributed by atoms with Gasteiger partial charge in [-0.05, 0) is 25.5 Å². The number of imide groups is 1. The Labute approximate surface area is 111 Å². The summed E-state index contributed by atoms with van der Waals surface area (Å²) in [5, 5.41) is 0. The highest BCUT2D eigenvalue weighted by atomic mass is 16.6. The molecule has 1 aromatic carbocycles. The number of ether oxygens (including phenoxy) is 1. The summed E-state index contributed by atoms with van der Waals surface area (Å²) < 4.78 is 5.41. The molecule has 0 bridgehead atoms. The molecule has 1 spiro atoms. The molecule has 4 heteroatoms. The Bertz CT molecular complexity index is 564. The summed E-state index contributed by atoms with van der Waals surface area (Å²) in [4.78, 5) is 25.7. The van der Waals surface area contributed by atoms with Gasteiger partial charge in [0.05, 0.1) is 5.69 Å². The average Bonchev–Trinajstić information content (AvgIpc) is 2.66. The van der Waals surface area contributed by atoms with Crippen LogP contribution >= 0.6 is 0 Å². The maximum atomic E-state index is 12.6. The number of amides is 2. The molecule has 98 valence electrons. The summed E-state index contributed by atoms with van der Waals surface area (Å²) in [6, 6.07) is 8.92. The van der Waals surface area contributed by atoms with E-state index in [1.165, 1.54) is 5.57 Å². The second-order valence-electron chi connectivity index (χ2n) is 5.09. The number of carbonyl (C=O) groups is 2. The monoisotopic (exact) mass is 257 g/mol. The first kappa shape index (κ1) is 12.0. The van der Waals surface area contributed by atoms with E-state index in [0.717, 1.165) is 11.3 Å². The number of hydrogen-bond donors (Lipinski definition) is 0. The Kier molecular flexibility index (Phi) is 2.66. The lowest BCUT2D eigenvalue weighted by molar-refractivity contribution is -0.130. The predicted octanol–water partition coefficient (Wildman–Crippen LogP) is 3.04.